The third-order valence-electron chi connectivity index (χ3n) is 5.85. The fourth-order valence-electron chi connectivity index (χ4n) is 3.98. The first-order valence-electron chi connectivity index (χ1n) is 10.6. The van der Waals surface area contributed by atoms with Crippen molar-refractivity contribution >= 4 is 44.1 Å². The number of hydrogen-bond acceptors (Lipinski definition) is 7. The summed E-state index contributed by atoms with van der Waals surface area (Å²) in [6.07, 6.45) is 3.85. The van der Waals surface area contributed by atoms with E-state index >= 15 is 0 Å². The van der Waals surface area contributed by atoms with E-state index in [0.717, 1.165) is 24.8 Å². The predicted molar refractivity (Wildman–Crippen MR) is 121 cm³/mol. The Morgan fingerprint density at radius 2 is 1.97 bits per heavy atom. The molecule has 1 saturated carbocycles. The molecule has 9 nitrogen and oxygen atoms in total. The van der Waals surface area contributed by atoms with E-state index in [1.54, 1.807) is 18.2 Å². The van der Waals surface area contributed by atoms with Crippen molar-refractivity contribution in [1.29, 1.82) is 0 Å². The fourth-order valence-corrected chi connectivity index (χ4v) is 4.85. The standard InChI is InChI=1S/C22H25N5O4S/c1-12-23-20-17(10-19(26-21(20)24-12)27-22(28)13-3-4-13)25-16-6-5-14(15-7-8-31-11-15)9-18(16)32(2,29)30/h5-6,9-10,13,15H,3-4,7-8,11H2,1-2H3,(H3,23,24,25,26,27,28)/t15-/m1/s1. The van der Waals surface area contributed by atoms with Gasteiger partial charge in [-0.25, -0.2) is 18.4 Å². The van der Waals surface area contributed by atoms with Crippen LogP contribution in [0.5, 0.6) is 0 Å². The molecule has 0 unspecified atom stereocenters. The summed E-state index contributed by atoms with van der Waals surface area (Å²) in [6, 6.07) is 7.12. The minimum absolute atomic E-state index is 0.0383. The molecule has 1 atom stereocenters. The Morgan fingerprint density at radius 3 is 2.66 bits per heavy atom. The number of H-pyrrole nitrogens is 1. The number of ether oxygens (including phenoxy) is 1. The summed E-state index contributed by atoms with van der Waals surface area (Å²) in [4.78, 5) is 24.5. The summed E-state index contributed by atoms with van der Waals surface area (Å²) in [5.74, 6) is 1.23. The first-order chi connectivity index (χ1) is 15.3. The van der Waals surface area contributed by atoms with Crippen molar-refractivity contribution in [3.05, 3.63) is 35.7 Å². The highest BCUT2D eigenvalue weighted by atomic mass is 32.2. The number of fused-ring (bicyclic) bond motifs is 1. The van der Waals surface area contributed by atoms with Crippen LogP contribution in [0.25, 0.3) is 11.2 Å². The zero-order valence-corrected chi connectivity index (χ0v) is 18.8. The van der Waals surface area contributed by atoms with Crippen molar-refractivity contribution in [2.24, 2.45) is 5.92 Å². The zero-order valence-electron chi connectivity index (χ0n) is 17.9. The number of aryl methyl sites for hydroxylation is 1. The van der Waals surface area contributed by atoms with Gasteiger partial charge in [0.15, 0.2) is 15.5 Å². The van der Waals surface area contributed by atoms with Crippen molar-refractivity contribution in [3.8, 4) is 0 Å². The summed E-state index contributed by atoms with van der Waals surface area (Å²) in [5.41, 5.74) is 3.04. The number of anilines is 3. The molecule has 5 rings (SSSR count). The highest BCUT2D eigenvalue weighted by Crippen LogP contribution is 2.35. The topological polar surface area (TPSA) is 126 Å². The number of benzene rings is 1. The molecule has 0 radical (unpaired) electrons. The first kappa shape index (κ1) is 20.9. The van der Waals surface area contributed by atoms with Crippen LogP contribution in [0, 0.1) is 12.8 Å². The predicted octanol–water partition coefficient (Wildman–Crippen LogP) is 3.27. The van der Waals surface area contributed by atoms with Crippen LogP contribution in [0.1, 0.15) is 36.6 Å². The van der Waals surface area contributed by atoms with Gasteiger partial charge in [-0.15, -0.1) is 0 Å². The lowest BCUT2D eigenvalue weighted by Gasteiger charge is -2.16. The van der Waals surface area contributed by atoms with Crippen LogP contribution in [0.2, 0.25) is 0 Å². The number of amides is 1. The van der Waals surface area contributed by atoms with Crippen molar-refractivity contribution in [3.63, 3.8) is 0 Å². The summed E-state index contributed by atoms with van der Waals surface area (Å²) in [5, 5.41) is 6.08. The molecule has 2 aromatic heterocycles. The number of nitrogens with zero attached hydrogens (tertiary/aromatic N) is 2. The van der Waals surface area contributed by atoms with Gasteiger partial charge >= 0.3 is 0 Å². The van der Waals surface area contributed by atoms with E-state index in [1.165, 1.54) is 6.26 Å². The Hall–Kier alpha value is -2.98. The number of aromatic nitrogens is 3. The Kier molecular flexibility index (Phi) is 5.13. The van der Waals surface area contributed by atoms with Crippen LogP contribution in [-0.2, 0) is 19.4 Å². The van der Waals surface area contributed by atoms with Crippen LogP contribution in [0.15, 0.2) is 29.2 Å². The van der Waals surface area contributed by atoms with E-state index in [2.05, 4.69) is 25.6 Å². The van der Waals surface area contributed by atoms with Gasteiger partial charge < -0.3 is 20.4 Å². The van der Waals surface area contributed by atoms with E-state index in [4.69, 9.17) is 4.74 Å². The summed E-state index contributed by atoms with van der Waals surface area (Å²) >= 11 is 0. The Labute approximate surface area is 185 Å². The number of nitrogens with one attached hydrogen (secondary N) is 3. The smallest absolute Gasteiger partial charge is 0.228 e. The van der Waals surface area contributed by atoms with Gasteiger partial charge in [-0.3, -0.25) is 4.79 Å². The molecular weight excluding hydrogens is 430 g/mol. The molecule has 0 spiro atoms. The van der Waals surface area contributed by atoms with E-state index in [-0.39, 0.29) is 22.6 Å². The number of rotatable bonds is 6. The Bertz CT molecular complexity index is 1310. The molecule has 1 aliphatic carbocycles. The third-order valence-corrected chi connectivity index (χ3v) is 6.98. The van der Waals surface area contributed by atoms with Crippen molar-refractivity contribution < 1.29 is 17.9 Å². The van der Waals surface area contributed by atoms with Crippen LogP contribution in [0.4, 0.5) is 17.2 Å². The molecule has 3 heterocycles. The molecule has 1 amide bonds. The van der Waals surface area contributed by atoms with Crippen molar-refractivity contribution in [2.75, 3.05) is 30.1 Å². The van der Waals surface area contributed by atoms with E-state index in [9.17, 15) is 13.2 Å². The molecule has 1 aromatic carbocycles. The van der Waals surface area contributed by atoms with E-state index in [0.29, 0.717) is 47.4 Å². The van der Waals surface area contributed by atoms with Gasteiger partial charge in [0.25, 0.3) is 0 Å². The molecule has 1 aliphatic heterocycles. The number of sulfone groups is 1. The molecule has 10 heteroatoms. The number of aromatic amines is 1. The SMILES string of the molecule is Cc1nc2c(Nc3ccc([C@@H]4CCOC4)cc3S(C)(=O)=O)cc(NC(=O)C3CC3)nc2[nH]1. The van der Waals surface area contributed by atoms with E-state index < -0.39 is 9.84 Å². The minimum atomic E-state index is -3.50. The van der Waals surface area contributed by atoms with E-state index in [1.807, 2.05) is 13.0 Å². The largest absolute Gasteiger partial charge is 0.381 e. The fraction of sp³-hybridized carbons (Fsp3) is 0.409. The van der Waals surface area contributed by atoms with Gasteiger partial charge in [0.1, 0.15) is 17.2 Å². The molecule has 2 fully saturated rings. The van der Waals surface area contributed by atoms with Crippen LogP contribution < -0.4 is 10.6 Å². The number of carbonyl (C=O) groups is 1. The molecule has 2 aliphatic rings. The molecule has 0 bridgehead atoms. The maximum Gasteiger partial charge on any atom is 0.228 e. The molecule has 3 N–H and O–H groups in total. The average molecular weight is 456 g/mol. The molecule has 3 aromatic rings. The summed E-state index contributed by atoms with van der Waals surface area (Å²) in [6.45, 7) is 3.09. The number of imidazole rings is 1. The number of carbonyl (C=O) groups excluding carboxylic acids is 1. The minimum Gasteiger partial charge on any atom is -0.381 e. The lowest BCUT2D eigenvalue weighted by molar-refractivity contribution is -0.117. The van der Waals surface area contributed by atoms with Gasteiger partial charge in [-0.2, -0.15) is 0 Å². The lowest BCUT2D eigenvalue weighted by Crippen LogP contribution is -2.14. The normalized spacial score (nSPS) is 18.8. The van der Waals surface area contributed by atoms with Crippen LogP contribution in [0.3, 0.4) is 0 Å². The highest BCUT2D eigenvalue weighted by molar-refractivity contribution is 7.90. The van der Waals surface area contributed by atoms with Gasteiger partial charge in [0.2, 0.25) is 5.91 Å². The highest BCUT2D eigenvalue weighted by Gasteiger charge is 2.30. The maximum absolute atomic E-state index is 12.6. The van der Waals surface area contributed by atoms with Gasteiger partial charge in [-0.1, -0.05) is 6.07 Å². The van der Waals surface area contributed by atoms with Gasteiger partial charge in [0.05, 0.1) is 22.9 Å². The Balaban J connectivity index is 1.54. The van der Waals surface area contributed by atoms with Gasteiger partial charge in [-0.05, 0) is 43.9 Å². The molecule has 168 valence electrons. The number of hydrogen-bond donors (Lipinski definition) is 3. The first-order valence-corrected chi connectivity index (χ1v) is 12.5. The quantitative estimate of drug-likeness (QED) is 0.521. The second-order valence-electron chi connectivity index (χ2n) is 8.55. The zero-order chi connectivity index (χ0) is 22.5. The summed E-state index contributed by atoms with van der Waals surface area (Å²) < 4.78 is 30.7. The van der Waals surface area contributed by atoms with Crippen LogP contribution >= 0.6 is 0 Å². The molecule has 1 saturated heterocycles. The lowest BCUT2D eigenvalue weighted by atomic mass is 9.98. The molecule has 32 heavy (non-hydrogen) atoms. The summed E-state index contributed by atoms with van der Waals surface area (Å²) in [7, 11) is -3.50. The monoisotopic (exact) mass is 455 g/mol. The maximum atomic E-state index is 12.6. The number of pyridine rings is 1. The van der Waals surface area contributed by atoms with Crippen molar-refractivity contribution in [1.82, 2.24) is 15.0 Å². The second-order valence-corrected chi connectivity index (χ2v) is 10.5. The molecular formula is C22H25N5O4S. The van der Waals surface area contributed by atoms with Gasteiger partial charge in [0, 0.05) is 30.8 Å². The Morgan fingerprint density at radius 1 is 1.16 bits per heavy atom. The van der Waals surface area contributed by atoms with Crippen LogP contribution in [-0.4, -0.2) is 48.7 Å². The third kappa shape index (κ3) is 4.20. The van der Waals surface area contributed by atoms with Crippen molar-refractivity contribution in [2.45, 2.75) is 37.0 Å². The second kappa shape index (κ2) is 7.86. The average Bonchev–Trinajstić information content (AvgIpc) is 3.30.